The molecule has 1 aliphatic rings. The molecule has 0 bridgehead atoms. The van der Waals surface area contributed by atoms with Gasteiger partial charge in [-0.25, -0.2) is 4.39 Å². The third kappa shape index (κ3) is 4.59. The first-order valence-electron chi connectivity index (χ1n) is 9.36. The lowest BCUT2D eigenvalue weighted by atomic mass is 9.96. The Morgan fingerprint density at radius 1 is 1.32 bits per heavy atom. The van der Waals surface area contributed by atoms with Gasteiger partial charge in [-0.15, -0.1) is 11.3 Å². The molecule has 2 amide bonds. The van der Waals surface area contributed by atoms with Crippen molar-refractivity contribution in [2.45, 2.75) is 24.9 Å². The van der Waals surface area contributed by atoms with Crippen LogP contribution in [0.5, 0.6) is 0 Å². The van der Waals surface area contributed by atoms with Crippen LogP contribution in [0.25, 0.3) is 0 Å². The Morgan fingerprint density at radius 2 is 2.04 bits per heavy atom. The average Bonchev–Trinajstić information content (AvgIpc) is 3.28. The molecule has 1 aromatic carbocycles. The first-order valence-corrected chi connectivity index (χ1v) is 10.2. The van der Waals surface area contributed by atoms with Crippen LogP contribution in [0.3, 0.4) is 0 Å². The van der Waals surface area contributed by atoms with Crippen molar-refractivity contribution in [1.29, 1.82) is 0 Å². The summed E-state index contributed by atoms with van der Waals surface area (Å²) in [4.78, 5) is 30.2. The number of hydrogen-bond acceptors (Lipinski definition) is 4. The van der Waals surface area contributed by atoms with E-state index in [9.17, 15) is 14.0 Å². The summed E-state index contributed by atoms with van der Waals surface area (Å²) in [5.41, 5.74) is 0.863. The second kappa shape index (κ2) is 8.84. The molecule has 150 valence electrons. The summed E-state index contributed by atoms with van der Waals surface area (Å²) in [7, 11) is 5.70. The molecule has 1 aliphatic heterocycles. The highest BCUT2D eigenvalue weighted by Crippen LogP contribution is 2.39. The Kier molecular flexibility index (Phi) is 6.46. The third-order valence-corrected chi connectivity index (χ3v) is 6.15. The number of carbonyl (C=O) groups is 2. The maximum Gasteiger partial charge on any atom is 0.226 e. The number of halogens is 1. The molecule has 1 fully saturated rings. The number of nitrogens with one attached hydrogen (secondary N) is 1. The monoisotopic (exact) mass is 403 g/mol. The molecule has 3 atom stereocenters. The average molecular weight is 404 g/mol. The molecule has 0 saturated carbocycles. The van der Waals surface area contributed by atoms with E-state index in [4.69, 9.17) is 0 Å². The summed E-state index contributed by atoms with van der Waals surface area (Å²) in [6.45, 7) is 0.778. The number of nitrogens with zero attached hydrogens (tertiary/aromatic N) is 2. The van der Waals surface area contributed by atoms with Gasteiger partial charge < -0.3 is 15.1 Å². The number of amides is 2. The van der Waals surface area contributed by atoms with Gasteiger partial charge in [0.2, 0.25) is 11.8 Å². The second-order valence-corrected chi connectivity index (χ2v) is 8.46. The number of hydrogen-bond donors (Lipinski definition) is 1. The van der Waals surface area contributed by atoms with Crippen LogP contribution in [0.2, 0.25) is 0 Å². The van der Waals surface area contributed by atoms with Crippen molar-refractivity contribution in [3.8, 4) is 0 Å². The zero-order chi connectivity index (χ0) is 20.3. The molecule has 1 saturated heterocycles. The predicted octanol–water partition coefficient (Wildman–Crippen LogP) is 3.22. The van der Waals surface area contributed by atoms with Gasteiger partial charge in [0.05, 0.1) is 18.0 Å². The summed E-state index contributed by atoms with van der Waals surface area (Å²) in [6.07, 6.45) is 0.902. The fourth-order valence-corrected chi connectivity index (χ4v) is 4.57. The lowest BCUT2D eigenvalue weighted by Gasteiger charge is -2.26. The van der Waals surface area contributed by atoms with E-state index < -0.39 is 5.92 Å². The first kappa shape index (κ1) is 20.5. The van der Waals surface area contributed by atoms with Gasteiger partial charge in [0.15, 0.2) is 0 Å². The van der Waals surface area contributed by atoms with E-state index in [-0.39, 0.29) is 36.1 Å². The molecule has 1 N–H and O–H groups in total. The SMILES string of the molecule is CN(C)CCC(NC(=O)C1CC(=O)N(C)C1c1cccs1)c1ccc(F)cc1. The van der Waals surface area contributed by atoms with Crippen molar-refractivity contribution < 1.29 is 14.0 Å². The van der Waals surface area contributed by atoms with Gasteiger partial charge in [-0.1, -0.05) is 18.2 Å². The van der Waals surface area contributed by atoms with E-state index in [2.05, 4.69) is 5.32 Å². The number of likely N-dealkylation sites (tertiary alicyclic amines) is 1. The summed E-state index contributed by atoms with van der Waals surface area (Å²) in [5, 5.41) is 5.08. The van der Waals surface area contributed by atoms with Crippen LogP contribution in [0.1, 0.15) is 35.4 Å². The molecule has 2 aromatic rings. The van der Waals surface area contributed by atoms with Crippen LogP contribution >= 0.6 is 11.3 Å². The fraction of sp³-hybridized carbons (Fsp3) is 0.429. The van der Waals surface area contributed by atoms with Gasteiger partial charge in [0, 0.05) is 18.3 Å². The molecule has 7 heteroatoms. The van der Waals surface area contributed by atoms with Gasteiger partial charge in [-0.2, -0.15) is 0 Å². The maximum atomic E-state index is 13.3. The minimum absolute atomic E-state index is 0.0230. The summed E-state index contributed by atoms with van der Waals surface area (Å²) >= 11 is 1.56. The largest absolute Gasteiger partial charge is 0.349 e. The van der Waals surface area contributed by atoms with E-state index in [0.29, 0.717) is 6.42 Å². The second-order valence-electron chi connectivity index (χ2n) is 7.48. The molecule has 3 rings (SSSR count). The van der Waals surface area contributed by atoms with Crippen LogP contribution < -0.4 is 5.32 Å². The topological polar surface area (TPSA) is 52.7 Å². The lowest BCUT2D eigenvalue weighted by Crippen LogP contribution is -2.37. The quantitative estimate of drug-likeness (QED) is 0.772. The molecule has 0 radical (unpaired) electrons. The van der Waals surface area contributed by atoms with Gasteiger partial charge in [0.25, 0.3) is 0 Å². The lowest BCUT2D eigenvalue weighted by molar-refractivity contribution is -0.128. The fourth-order valence-electron chi connectivity index (χ4n) is 3.64. The minimum Gasteiger partial charge on any atom is -0.349 e. The minimum atomic E-state index is -0.432. The molecule has 5 nitrogen and oxygen atoms in total. The van der Waals surface area contributed by atoms with Crippen LogP contribution in [-0.2, 0) is 9.59 Å². The predicted molar refractivity (Wildman–Crippen MR) is 108 cm³/mol. The normalized spacial score (nSPS) is 20.6. The van der Waals surface area contributed by atoms with Crippen molar-refractivity contribution in [2.75, 3.05) is 27.7 Å². The van der Waals surface area contributed by atoms with E-state index in [1.807, 2.05) is 36.5 Å². The molecule has 3 unspecified atom stereocenters. The number of rotatable bonds is 7. The number of carbonyl (C=O) groups excluding carboxylic acids is 2. The summed E-state index contributed by atoms with van der Waals surface area (Å²) < 4.78 is 13.3. The Labute approximate surface area is 169 Å². The Balaban J connectivity index is 1.80. The van der Waals surface area contributed by atoms with Crippen molar-refractivity contribution in [3.05, 3.63) is 58.0 Å². The highest BCUT2D eigenvalue weighted by molar-refractivity contribution is 7.10. The molecule has 0 spiro atoms. The van der Waals surface area contributed by atoms with Gasteiger partial charge >= 0.3 is 0 Å². The van der Waals surface area contributed by atoms with Crippen LogP contribution in [0.15, 0.2) is 41.8 Å². The van der Waals surface area contributed by atoms with E-state index in [1.54, 1.807) is 35.4 Å². The van der Waals surface area contributed by atoms with E-state index >= 15 is 0 Å². The molecule has 1 aromatic heterocycles. The Hall–Kier alpha value is -2.25. The van der Waals surface area contributed by atoms with Crippen LogP contribution in [0.4, 0.5) is 4.39 Å². The van der Waals surface area contributed by atoms with Gasteiger partial charge in [0.1, 0.15) is 5.82 Å². The first-order chi connectivity index (χ1) is 13.4. The van der Waals surface area contributed by atoms with Gasteiger partial charge in [-0.05, 0) is 56.2 Å². The van der Waals surface area contributed by atoms with Crippen molar-refractivity contribution in [1.82, 2.24) is 15.1 Å². The van der Waals surface area contributed by atoms with E-state index in [0.717, 1.165) is 17.0 Å². The maximum absolute atomic E-state index is 13.3. The summed E-state index contributed by atoms with van der Waals surface area (Å²) in [5.74, 6) is -0.894. The third-order valence-electron chi connectivity index (χ3n) is 5.21. The zero-order valence-electron chi connectivity index (χ0n) is 16.4. The standard InChI is InChI=1S/C21H26FN3O2S/c1-24(2)11-10-17(14-6-8-15(22)9-7-14)23-21(27)16-13-19(26)25(3)20(16)18-5-4-12-28-18/h4-9,12,16-17,20H,10-11,13H2,1-3H3,(H,23,27). The molecular weight excluding hydrogens is 377 g/mol. The van der Waals surface area contributed by atoms with Crippen molar-refractivity contribution >= 4 is 23.2 Å². The highest BCUT2D eigenvalue weighted by Gasteiger charge is 2.43. The van der Waals surface area contributed by atoms with Crippen molar-refractivity contribution in [2.24, 2.45) is 5.92 Å². The number of benzene rings is 1. The summed E-state index contributed by atoms with van der Waals surface area (Å²) in [6, 6.07) is 9.66. The molecule has 28 heavy (non-hydrogen) atoms. The van der Waals surface area contributed by atoms with Crippen LogP contribution in [0, 0.1) is 11.7 Å². The number of thiophene rings is 1. The molecule has 2 heterocycles. The highest BCUT2D eigenvalue weighted by atomic mass is 32.1. The smallest absolute Gasteiger partial charge is 0.226 e. The molecular formula is C21H26FN3O2S. The Bertz CT molecular complexity index is 808. The van der Waals surface area contributed by atoms with E-state index in [1.165, 1.54) is 12.1 Å². The zero-order valence-corrected chi connectivity index (χ0v) is 17.2. The van der Waals surface area contributed by atoms with Gasteiger partial charge in [-0.3, -0.25) is 9.59 Å². The van der Waals surface area contributed by atoms with Crippen LogP contribution in [-0.4, -0.2) is 49.3 Å². The molecule has 0 aliphatic carbocycles. The Morgan fingerprint density at radius 3 is 2.64 bits per heavy atom. The van der Waals surface area contributed by atoms with Crippen molar-refractivity contribution in [3.63, 3.8) is 0 Å².